The molecule has 0 fully saturated rings. The molecule has 0 aliphatic carbocycles. The quantitative estimate of drug-likeness (QED) is 0.923. The molecular weight excluding hydrogens is 256 g/mol. The predicted octanol–water partition coefficient (Wildman–Crippen LogP) is 3.40. The molecule has 0 spiro atoms. The Balaban J connectivity index is 1.98. The summed E-state index contributed by atoms with van der Waals surface area (Å²) in [7, 11) is 0. The van der Waals surface area contributed by atoms with Gasteiger partial charge < -0.3 is 9.52 Å². The molecule has 2 aromatic rings. The molecule has 3 nitrogen and oxygen atoms in total. The van der Waals surface area contributed by atoms with Crippen LogP contribution < -0.4 is 5.43 Å². The molecule has 2 heterocycles. The molecule has 0 saturated carbocycles. The van der Waals surface area contributed by atoms with E-state index in [9.17, 15) is 4.79 Å². The molecule has 0 aromatic carbocycles. The summed E-state index contributed by atoms with van der Waals surface area (Å²) in [6, 6.07) is 5.45. The lowest BCUT2D eigenvalue weighted by Crippen LogP contribution is -1.99. The zero-order valence-corrected chi connectivity index (χ0v) is 10.9. The van der Waals surface area contributed by atoms with E-state index in [1.165, 1.54) is 10.9 Å². The maximum Gasteiger partial charge on any atom is 0.226 e. The van der Waals surface area contributed by atoms with Crippen LogP contribution in [0.1, 0.15) is 22.8 Å². The molecule has 0 unspecified atom stereocenters. The summed E-state index contributed by atoms with van der Waals surface area (Å²) in [5.74, 6) is 0.862. The predicted molar refractivity (Wildman–Crippen MR) is 70.7 cm³/mol. The Morgan fingerprint density at radius 1 is 1.59 bits per heavy atom. The first-order chi connectivity index (χ1) is 8.16. The van der Waals surface area contributed by atoms with Gasteiger partial charge in [0.25, 0.3) is 0 Å². The summed E-state index contributed by atoms with van der Waals surface area (Å²) >= 11 is 3.42. The first kappa shape index (κ1) is 12.3. The number of hydrogen-bond donors (Lipinski definition) is 1. The summed E-state index contributed by atoms with van der Waals surface area (Å²) in [6.45, 7) is 2.12. The second-order valence-corrected chi connectivity index (χ2v) is 5.87. The highest BCUT2D eigenvalue weighted by Gasteiger charge is 2.09. The molecule has 90 valence electrons. The van der Waals surface area contributed by atoms with E-state index in [1.807, 2.05) is 11.4 Å². The zero-order chi connectivity index (χ0) is 12.3. The molecule has 0 aliphatic heterocycles. The molecule has 2 aromatic heterocycles. The number of rotatable bonds is 4. The van der Waals surface area contributed by atoms with E-state index < -0.39 is 5.43 Å². The van der Waals surface area contributed by atoms with Crippen molar-refractivity contribution in [2.75, 3.05) is 0 Å². The van der Waals surface area contributed by atoms with Gasteiger partial charge in [-0.25, -0.2) is 0 Å². The molecule has 0 amide bonds. The third kappa shape index (κ3) is 3.14. The fraction of sp³-hybridized carbons (Fsp3) is 0.250. The number of thiophene rings is 1. The summed E-state index contributed by atoms with van der Waals surface area (Å²) in [5, 5.41) is 11.5. The molecule has 0 aliphatic rings. The van der Waals surface area contributed by atoms with E-state index in [-0.39, 0.29) is 5.75 Å². The van der Waals surface area contributed by atoms with Crippen molar-refractivity contribution in [2.24, 2.45) is 0 Å². The Kier molecular flexibility index (Phi) is 3.91. The lowest BCUT2D eigenvalue weighted by molar-refractivity contribution is 0.419. The Morgan fingerprint density at radius 2 is 2.41 bits per heavy atom. The van der Waals surface area contributed by atoms with Crippen molar-refractivity contribution in [3.8, 4) is 5.75 Å². The van der Waals surface area contributed by atoms with Crippen LogP contribution in [-0.4, -0.2) is 5.11 Å². The van der Waals surface area contributed by atoms with Gasteiger partial charge in [0.2, 0.25) is 5.43 Å². The van der Waals surface area contributed by atoms with Gasteiger partial charge in [0.05, 0.1) is 5.75 Å². The van der Waals surface area contributed by atoms with Gasteiger partial charge in [-0.2, -0.15) is 0 Å². The second-order valence-electron chi connectivity index (χ2n) is 3.56. The summed E-state index contributed by atoms with van der Waals surface area (Å²) in [6.07, 6.45) is 1.09. The van der Waals surface area contributed by atoms with Crippen molar-refractivity contribution in [1.82, 2.24) is 0 Å². The van der Waals surface area contributed by atoms with Crippen LogP contribution in [0.15, 0.2) is 39.1 Å². The van der Waals surface area contributed by atoms with E-state index in [1.54, 1.807) is 23.1 Å². The first-order valence-electron chi connectivity index (χ1n) is 5.12. The van der Waals surface area contributed by atoms with Crippen LogP contribution in [0.25, 0.3) is 0 Å². The van der Waals surface area contributed by atoms with Gasteiger partial charge in [-0.05, 0) is 18.4 Å². The maximum absolute atomic E-state index is 11.2. The van der Waals surface area contributed by atoms with E-state index in [2.05, 4.69) is 13.0 Å². The highest BCUT2D eigenvalue weighted by molar-refractivity contribution is 7.98. The monoisotopic (exact) mass is 268 g/mol. The molecule has 2 rings (SSSR count). The van der Waals surface area contributed by atoms with Gasteiger partial charge >= 0.3 is 0 Å². The molecule has 0 saturated heterocycles. The Morgan fingerprint density at radius 3 is 3.06 bits per heavy atom. The number of aromatic hydroxyl groups is 1. The average molecular weight is 268 g/mol. The van der Waals surface area contributed by atoms with Gasteiger partial charge in [-0.1, -0.05) is 6.07 Å². The third-order valence-corrected chi connectivity index (χ3v) is 4.70. The standard InChI is InChI=1S/C12H12O3S2/c1-8(12-3-2-4-16-12)17-7-9-5-10(13)11(14)6-15-9/h2-6,8,14H,7H2,1H3/t8-/m0/s1. The lowest BCUT2D eigenvalue weighted by Gasteiger charge is -2.08. The van der Waals surface area contributed by atoms with Crippen LogP contribution in [0, 0.1) is 0 Å². The van der Waals surface area contributed by atoms with Crippen molar-refractivity contribution < 1.29 is 9.52 Å². The Hall–Kier alpha value is -1.20. The summed E-state index contributed by atoms with van der Waals surface area (Å²) in [5.41, 5.74) is -0.393. The van der Waals surface area contributed by atoms with Crippen molar-refractivity contribution >= 4 is 23.1 Å². The van der Waals surface area contributed by atoms with E-state index in [4.69, 9.17) is 9.52 Å². The normalized spacial score (nSPS) is 12.5. The third-order valence-electron chi connectivity index (χ3n) is 2.29. The Labute approximate surface area is 107 Å². The van der Waals surface area contributed by atoms with Gasteiger partial charge in [0, 0.05) is 16.2 Å². The van der Waals surface area contributed by atoms with Crippen molar-refractivity contribution in [1.29, 1.82) is 0 Å². The highest BCUT2D eigenvalue weighted by Crippen LogP contribution is 2.33. The topological polar surface area (TPSA) is 50.4 Å². The fourth-order valence-electron chi connectivity index (χ4n) is 1.33. The van der Waals surface area contributed by atoms with Gasteiger partial charge in [-0.15, -0.1) is 23.1 Å². The minimum absolute atomic E-state index is 0.343. The molecule has 1 atom stereocenters. The van der Waals surface area contributed by atoms with Crippen molar-refractivity contribution in [3.63, 3.8) is 0 Å². The highest BCUT2D eigenvalue weighted by atomic mass is 32.2. The number of thioether (sulfide) groups is 1. The zero-order valence-electron chi connectivity index (χ0n) is 9.25. The lowest BCUT2D eigenvalue weighted by atomic mass is 10.4. The van der Waals surface area contributed by atoms with Crippen LogP contribution in [0.4, 0.5) is 0 Å². The summed E-state index contributed by atoms with van der Waals surface area (Å²) < 4.78 is 5.14. The average Bonchev–Trinajstić information content (AvgIpc) is 2.84. The number of hydrogen-bond acceptors (Lipinski definition) is 5. The molecule has 0 bridgehead atoms. The molecule has 0 radical (unpaired) electrons. The largest absolute Gasteiger partial charge is 0.502 e. The van der Waals surface area contributed by atoms with Crippen LogP contribution in [0.5, 0.6) is 5.75 Å². The van der Waals surface area contributed by atoms with Gasteiger partial charge in [-0.3, -0.25) is 4.79 Å². The Bertz CT molecular complexity index is 531. The SMILES string of the molecule is C[C@H](SCc1cc(=O)c(O)co1)c1cccs1. The molecule has 17 heavy (non-hydrogen) atoms. The fourth-order valence-corrected chi connectivity index (χ4v) is 3.17. The van der Waals surface area contributed by atoms with Crippen LogP contribution >= 0.6 is 23.1 Å². The smallest absolute Gasteiger partial charge is 0.226 e. The van der Waals surface area contributed by atoms with E-state index in [0.717, 1.165) is 6.26 Å². The van der Waals surface area contributed by atoms with Crippen molar-refractivity contribution in [3.05, 3.63) is 50.7 Å². The van der Waals surface area contributed by atoms with E-state index in [0.29, 0.717) is 16.8 Å². The molecule has 5 heteroatoms. The molecular formula is C12H12O3S2. The first-order valence-corrected chi connectivity index (χ1v) is 7.05. The van der Waals surface area contributed by atoms with Crippen LogP contribution in [-0.2, 0) is 5.75 Å². The minimum atomic E-state index is -0.393. The summed E-state index contributed by atoms with van der Waals surface area (Å²) in [4.78, 5) is 12.5. The van der Waals surface area contributed by atoms with Crippen LogP contribution in [0.2, 0.25) is 0 Å². The minimum Gasteiger partial charge on any atom is -0.502 e. The van der Waals surface area contributed by atoms with Gasteiger partial charge in [0.15, 0.2) is 5.75 Å². The van der Waals surface area contributed by atoms with Gasteiger partial charge in [0.1, 0.15) is 12.0 Å². The van der Waals surface area contributed by atoms with Crippen LogP contribution in [0.3, 0.4) is 0 Å². The maximum atomic E-state index is 11.2. The van der Waals surface area contributed by atoms with E-state index >= 15 is 0 Å². The second kappa shape index (κ2) is 5.42. The van der Waals surface area contributed by atoms with Crippen molar-refractivity contribution in [2.45, 2.75) is 17.9 Å². The molecule has 1 N–H and O–H groups in total.